The van der Waals surface area contributed by atoms with Crippen LogP contribution in [0.15, 0.2) is 16.9 Å². The maximum atomic E-state index is 12.0. The highest BCUT2D eigenvalue weighted by Gasteiger charge is 2.17. The number of aromatic amines is 1. The van der Waals surface area contributed by atoms with Gasteiger partial charge in [0, 0.05) is 28.9 Å². The molecule has 2 aromatic heterocycles. The molecule has 0 aromatic carbocycles. The molecule has 98 valence electrons. The van der Waals surface area contributed by atoms with Gasteiger partial charge in [-0.15, -0.1) is 0 Å². The minimum absolute atomic E-state index is 0.0155. The second kappa shape index (κ2) is 4.26. The number of rotatable bonds is 2. The fourth-order valence-corrected chi connectivity index (χ4v) is 1.95. The van der Waals surface area contributed by atoms with Crippen LogP contribution in [0.4, 0.5) is 0 Å². The van der Waals surface area contributed by atoms with Crippen LogP contribution in [0.1, 0.15) is 46.0 Å². The second-order valence-corrected chi connectivity index (χ2v) is 6.30. The molecule has 0 saturated heterocycles. The average molecular weight is 247 g/mol. The van der Waals surface area contributed by atoms with Crippen LogP contribution in [-0.4, -0.2) is 14.6 Å². The maximum Gasteiger partial charge on any atom is 0.272 e. The highest BCUT2D eigenvalue weighted by atomic mass is 16.1. The molecule has 0 fully saturated rings. The van der Waals surface area contributed by atoms with Crippen molar-refractivity contribution in [3.8, 4) is 0 Å². The summed E-state index contributed by atoms with van der Waals surface area (Å²) in [6.07, 6.45) is 0.835. The van der Waals surface area contributed by atoms with Crippen LogP contribution >= 0.6 is 0 Å². The van der Waals surface area contributed by atoms with Gasteiger partial charge in [-0.1, -0.05) is 34.6 Å². The molecule has 18 heavy (non-hydrogen) atoms. The van der Waals surface area contributed by atoms with E-state index in [0.717, 1.165) is 17.8 Å². The molecule has 4 heteroatoms. The zero-order valence-corrected chi connectivity index (χ0v) is 11.7. The largest absolute Gasteiger partial charge is 0.293 e. The van der Waals surface area contributed by atoms with E-state index in [9.17, 15) is 4.79 Å². The highest BCUT2D eigenvalue weighted by Crippen LogP contribution is 2.21. The second-order valence-electron chi connectivity index (χ2n) is 6.30. The van der Waals surface area contributed by atoms with E-state index in [1.807, 2.05) is 6.07 Å². The van der Waals surface area contributed by atoms with E-state index in [1.165, 1.54) is 4.52 Å². The first kappa shape index (κ1) is 12.9. The van der Waals surface area contributed by atoms with Crippen LogP contribution in [-0.2, 0) is 11.8 Å². The Morgan fingerprint density at radius 1 is 1.33 bits per heavy atom. The lowest BCUT2D eigenvalue weighted by Crippen LogP contribution is -2.18. The topological polar surface area (TPSA) is 50.2 Å². The lowest BCUT2D eigenvalue weighted by molar-refractivity contribution is 0.561. The van der Waals surface area contributed by atoms with Crippen molar-refractivity contribution in [2.45, 2.75) is 46.5 Å². The van der Waals surface area contributed by atoms with Gasteiger partial charge in [-0.2, -0.15) is 0 Å². The van der Waals surface area contributed by atoms with Crippen molar-refractivity contribution in [1.29, 1.82) is 0 Å². The summed E-state index contributed by atoms with van der Waals surface area (Å²) in [4.78, 5) is 16.6. The van der Waals surface area contributed by atoms with Crippen LogP contribution in [0.2, 0.25) is 0 Å². The van der Waals surface area contributed by atoms with Crippen molar-refractivity contribution < 1.29 is 0 Å². The zero-order valence-electron chi connectivity index (χ0n) is 11.7. The normalized spacial score (nSPS) is 12.6. The van der Waals surface area contributed by atoms with E-state index in [-0.39, 0.29) is 11.0 Å². The molecule has 0 saturated carbocycles. The molecule has 0 aliphatic rings. The van der Waals surface area contributed by atoms with Gasteiger partial charge in [-0.3, -0.25) is 9.89 Å². The van der Waals surface area contributed by atoms with Crippen LogP contribution in [0.5, 0.6) is 0 Å². The van der Waals surface area contributed by atoms with Crippen LogP contribution in [0, 0.1) is 5.92 Å². The van der Waals surface area contributed by atoms with E-state index in [1.54, 1.807) is 6.07 Å². The Morgan fingerprint density at radius 3 is 2.56 bits per heavy atom. The molecular formula is C14H21N3O. The van der Waals surface area contributed by atoms with Crippen molar-refractivity contribution in [1.82, 2.24) is 14.6 Å². The highest BCUT2D eigenvalue weighted by molar-refractivity contribution is 5.41. The zero-order chi connectivity index (χ0) is 13.5. The third-order valence-corrected chi connectivity index (χ3v) is 2.93. The molecule has 0 atom stereocenters. The SMILES string of the molecule is CC(C)Cc1cc(=O)n2[nH]c(C(C)(C)C)cc2n1. The molecule has 4 nitrogen and oxygen atoms in total. The summed E-state index contributed by atoms with van der Waals surface area (Å²) in [6.45, 7) is 10.6. The van der Waals surface area contributed by atoms with Gasteiger partial charge in [-0.05, 0) is 12.3 Å². The molecule has 0 unspecified atom stereocenters. The molecule has 2 rings (SSSR count). The lowest BCUT2D eigenvalue weighted by atomic mass is 9.93. The standard InChI is InChI=1S/C14H21N3O/c1-9(2)6-10-7-13(18)17-12(15-10)8-11(16-17)14(3,4)5/h7-9,16H,6H2,1-5H3. The fraction of sp³-hybridized carbons (Fsp3) is 0.571. The average Bonchev–Trinajstić information content (AvgIpc) is 2.59. The van der Waals surface area contributed by atoms with Crippen molar-refractivity contribution in [3.05, 3.63) is 33.9 Å². The van der Waals surface area contributed by atoms with Crippen LogP contribution in [0.25, 0.3) is 5.65 Å². The quantitative estimate of drug-likeness (QED) is 0.886. The van der Waals surface area contributed by atoms with Gasteiger partial charge < -0.3 is 0 Å². The summed E-state index contributed by atoms with van der Waals surface area (Å²) in [5.74, 6) is 0.500. The number of hydrogen-bond donors (Lipinski definition) is 1. The monoisotopic (exact) mass is 247 g/mol. The van der Waals surface area contributed by atoms with Gasteiger partial charge in [0.05, 0.1) is 0 Å². The van der Waals surface area contributed by atoms with Gasteiger partial charge in [0.15, 0.2) is 5.65 Å². The molecule has 2 aromatic rings. The molecule has 0 radical (unpaired) electrons. The summed E-state index contributed by atoms with van der Waals surface area (Å²) in [5, 5.41) is 3.13. The predicted octanol–water partition coefficient (Wildman–Crippen LogP) is 2.52. The van der Waals surface area contributed by atoms with Crippen LogP contribution in [0.3, 0.4) is 0 Å². The minimum atomic E-state index is -0.0360. The third-order valence-electron chi connectivity index (χ3n) is 2.93. The van der Waals surface area contributed by atoms with Crippen molar-refractivity contribution in [3.63, 3.8) is 0 Å². The number of nitrogens with one attached hydrogen (secondary N) is 1. The smallest absolute Gasteiger partial charge is 0.272 e. The first-order valence-corrected chi connectivity index (χ1v) is 6.39. The van der Waals surface area contributed by atoms with E-state index < -0.39 is 0 Å². The maximum absolute atomic E-state index is 12.0. The summed E-state index contributed by atoms with van der Waals surface area (Å²) in [7, 11) is 0. The predicted molar refractivity (Wildman–Crippen MR) is 73.1 cm³/mol. The fourth-order valence-electron chi connectivity index (χ4n) is 1.95. The Hall–Kier alpha value is -1.58. The lowest BCUT2D eigenvalue weighted by Gasteiger charge is -2.14. The molecule has 0 aliphatic carbocycles. The first-order chi connectivity index (χ1) is 8.27. The van der Waals surface area contributed by atoms with Gasteiger partial charge in [0.25, 0.3) is 5.56 Å². The summed E-state index contributed by atoms with van der Waals surface area (Å²) >= 11 is 0. The van der Waals surface area contributed by atoms with Gasteiger partial charge in [0.1, 0.15) is 0 Å². The van der Waals surface area contributed by atoms with Crippen LogP contribution < -0.4 is 5.56 Å². The van der Waals surface area contributed by atoms with E-state index in [4.69, 9.17) is 0 Å². The Balaban J connectivity index is 2.56. The van der Waals surface area contributed by atoms with Gasteiger partial charge in [-0.25, -0.2) is 9.50 Å². The number of nitrogens with zero attached hydrogens (tertiary/aromatic N) is 2. The Bertz CT molecular complexity index is 614. The molecule has 0 amide bonds. The Morgan fingerprint density at radius 2 is 2.00 bits per heavy atom. The minimum Gasteiger partial charge on any atom is -0.293 e. The van der Waals surface area contributed by atoms with Gasteiger partial charge in [0.2, 0.25) is 0 Å². The number of H-pyrrole nitrogens is 1. The molecular weight excluding hydrogens is 226 g/mol. The molecule has 0 aliphatic heterocycles. The molecule has 0 spiro atoms. The molecule has 2 heterocycles. The third kappa shape index (κ3) is 2.47. The molecule has 1 N–H and O–H groups in total. The van der Waals surface area contributed by atoms with Crippen molar-refractivity contribution in [2.75, 3.05) is 0 Å². The number of fused-ring (bicyclic) bond motifs is 1. The Kier molecular flexibility index (Phi) is 3.05. The molecule has 0 bridgehead atoms. The summed E-state index contributed by atoms with van der Waals surface area (Å²) < 4.78 is 1.52. The summed E-state index contributed by atoms with van der Waals surface area (Å²) in [5.41, 5.74) is 2.55. The van der Waals surface area contributed by atoms with E-state index in [0.29, 0.717) is 11.6 Å². The first-order valence-electron chi connectivity index (χ1n) is 6.39. The van der Waals surface area contributed by atoms with Crippen molar-refractivity contribution in [2.24, 2.45) is 5.92 Å². The van der Waals surface area contributed by atoms with Gasteiger partial charge >= 0.3 is 0 Å². The van der Waals surface area contributed by atoms with E-state index >= 15 is 0 Å². The number of hydrogen-bond acceptors (Lipinski definition) is 2. The summed E-state index contributed by atoms with van der Waals surface area (Å²) in [6, 6.07) is 3.58. The van der Waals surface area contributed by atoms with E-state index in [2.05, 4.69) is 44.7 Å². The number of aromatic nitrogens is 3. The Labute approximate surface area is 107 Å². The van der Waals surface area contributed by atoms with Crippen molar-refractivity contribution >= 4 is 5.65 Å².